The van der Waals surface area contributed by atoms with E-state index in [1.54, 1.807) is 22.6 Å². The van der Waals surface area contributed by atoms with Crippen LogP contribution in [0.25, 0.3) is 0 Å². The molecule has 17 heteroatoms. The molecule has 1 rings (SSSR count). The number of carbonyl (C=O) groups excluding carboxylic acids is 3. The van der Waals surface area contributed by atoms with Crippen LogP contribution in [0.3, 0.4) is 0 Å². The van der Waals surface area contributed by atoms with Crippen LogP contribution in [0.15, 0.2) is 12.7 Å². The van der Waals surface area contributed by atoms with Gasteiger partial charge in [-0.15, -0.1) is 0 Å². The largest absolute Gasteiger partial charge is 0.394 e. The average molecular weight is 907 g/mol. The Hall–Kier alpha value is -0.760. The van der Waals surface area contributed by atoms with Crippen LogP contribution in [0.1, 0.15) is 46.4 Å². The predicted molar refractivity (Wildman–Crippen MR) is 167 cm³/mol. The van der Waals surface area contributed by atoms with Crippen LogP contribution in [-0.4, -0.2) is 109 Å². The Balaban J connectivity index is 3.27. The van der Waals surface area contributed by atoms with Crippen molar-refractivity contribution in [1.29, 1.82) is 0 Å². The molecule has 40 heavy (non-hydrogen) atoms. The minimum atomic E-state index is -2.38. The van der Waals surface area contributed by atoms with E-state index < -0.39 is 80.4 Å². The van der Waals surface area contributed by atoms with Gasteiger partial charge in [-0.3, -0.25) is 14.4 Å². The molecule has 0 fully saturated rings. The van der Waals surface area contributed by atoms with E-state index >= 15 is 0 Å². The monoisotopic (exact) mass is 907 g/mol. The molecule has 0 bridgehead atoms. The van der Waals surface area contributed by atoms with Crippen LogP contribution >= 0.6 is 67.8 Å². The average Bonchev–Trinajstić information content (AvgIpc) is 2.85. The molecule has 3 amide bonds. The molecule has 0 saturated heterocycles. The Labute approximate surface area is 270 Å². The Morgan fingerprint density at radius 3 is 1.48 bits per heavy atom. The molecular formula is C23H32I3N3O11. The van der Waals surface area contributed by atoms with Gasteiger partial charge >= 0.3 is 0 Å². The van der Waals surface area contributed by atoms with Gasteiger partial charge in [-0.1, -0.05) is 6.58 Å². The van der Waals surface area contributed by atoms with Crippen molar-refractivity contribution in [3.8, 4) is 0 Å². The van der Waals surface area contributed by atoms with Gasteiger partial charge in [-0.25, -0.2) is 0 Å². The smallest absolute Gasteiger partial charge is 0.253 e. The molecule has 0 heterocycles. The van der Waals surface area contributed by atoms with E-state index in [1.165, 1.54) is 0 Å². The van der Waals surface area contributed by atoms with Gasteiger partial charge in [0.1, 0.15) is 0 Å². The Morgan fingerprint density at radius 2 is 1.15 bits per heavy atom. The van der Waals surface area contributed by atoms with E-state index in [0.29, 0.717) is 0 Å². The molecule has 2 atom stereocenters. The predicted octanol–water partition coefficient (Wildman–Crippen LogP) is -1.29. The van der Waals surface area contributed by atoms with E-state index in [4.69, 9.17) is 10.2 Å². The van der Waals surface area contributed by atoms with Gasteiger partial charge in [0.25, 0.3) is 11.8 Å². The summed E-state index contributed by atoms with van der Waals surface area (Å²) >= 11 is 5.41. The second kappa shape index (κ2) is 16.8. The third-order valence-corrected chi connectivity index (χ3v) is 8.61. The van der Waals surface area contributed by atoms with Crippen molar-refractivity contribution in [1.82, 2.24) is 10.6 Å². The van der Waals surface area contributed by atoms with E-state index in [0.717, 1.165) is 6.08 Å². The van der Waals surface area contributed by atoms with Gasteiger partial charge in [0.2, 0.25) is 5.91 Å². The van der Waals surface area contributed by atoms with E-state index in [9.17, 15) is 45.0 Å². The molecule has 1 aromatic rings. The molecule has 0 aliphatic carbocycles. The van der Waals surface area contributed by atoms with Crippen molar-refractivity contribution in [3.05, 3.63) is 34.5 Å². The van der Waals surface area contributed by atoms with E-state index in [1.807, 2.05) is 45.2 Å². The maximum atomic E-state index is 13.2. The highest BCUT2D eigenvalue weighted by Gasteiger charge is 2.31. The second-order valence-corrected chi connectivity index (χ2v) is 12.1. The van der Waals surface area contributed by atoms with Crippen molar-refractivity contribution < 1.29 is 55.2 Å². The van der Waals surface area contributed by atoms with Crippen molar-refractivity contribution in [2.24, 2.45) is 0 Å². The lowest BCUT2D eigenvalue weighted by Crippen LogP contribution is -2.39. The summed E-state index contributed by atoms with van der Waals surface area (Å²) in [6.45, 7) is 1.52. The van der Waals surface area contributed by atoms with Crippen LogP contribution in [-0.2, 0) is 4.79 Å². The number of amides is 3. The number of carbonyl (C=O) groups is 3. The summed E-state index contributed by atoms with van der Waals surface area (Å²) in [5.74, 6) is -6.80. The molecule has 0 saturated carbocycles. The SMILES string of the molecule is C=CC(=O)Nc1c(I)c(C(=O)NCCC(O)(O)CC(O)CO)c(I)c(C(=O)NCCC(O)(O)CC(O)CO)c1I. The second-order valence-electron chi connectivity index (χ2n) is 8.82. The molecule has 0 aliphatic rings. The topological polar surface area (TPSA) is 249 Å². The highest BCUT2D eigenvalue weighted by molar-refractivity contribution is 14.1. The molecule has 14 nitrogen and oxygen atoms in total. The molecule has 2 unspecified atom stereocenters. The van der Waals surface area contributed by atoms with Crippen LogP contribution in [0.4, 0.5) is 5.69 Å². The number of nitrogens with one attached hydrogen (secondary N) is 3. The van der Waals surface area contributed by atoms with E-state index in [-0.39, 0.29) is 40.6 Å². The van der Waals surface area contributed by atoms with Crippen LogP contribution in [0.2, 0.25) is 0 Å². The lowest BCUT2D eigenvalue weighted by molar-refractivity contribution is -0.187. The fourth-order valence-electron chi connectivity index (χ4n) is 3.36. The first-order valence-electron chi connectivity index (χ1n) is 11.7. The third kappa shape index (κ3) is 11.5. The number of halogens is 3. The van der Waals surface area contributed by atoms with Crippen molar-refractivity contribution >= 4 is 91.2 Å². The maximum absolute atomic E-state index is 13.2. The molecule has 0 radical (unpaired) electrons. The third-order valence-electron chi connectivity index (χ3n) is 5.37. The minimum absolute atomic E-state index is 0.00673. The van der Waals surface area contributed by atoms with E-state index in [2.05, 4.69) is 22.5 Å². The number of hydrogen-bond donors (Lipinski definition) is 11. The molecule has 0 aliphatic heterocycles. The maximum Gasteiger partial charge on any atom is 0.253 e. The first-order chi connectivity index (χ1) is 18.5. The van der Waals surface area contributed by atoms with Gasteiger partial charge in [-0.05, 0) is 73.8 Å². The number of benzene rings is 1. The number of aliphatic hydroxyl groups is 8. The normalized spacial score (nSPS) is 13.4. The molecule has 11 N–H and O–H groups in total. The lowest BCUT2D eigenvalue weighted by Gasteiger charge is -2.25. The summed E-state index contributed by atoms with van der Waals surface area (Å²) in [7, 11) is 0. The number of aliphatic hydroxyl groups excluding tert-OH is 4. The molecule has 1 aromatic carbocycles. The van der Waals surface area contributed by atoms with Crippen LogP contribution in [0.5, 0.6) is 0 Å². The number of anilines is 1. The zero-order valence-corrected chi connectivity index (χ0v) is 27.5. The standard InChI is InChI=1S/C23H32I3N3O11/c1-2-13(34)29-19-17(25)14(20(35)27-5-3-22(37,38)7-11(32)9-30)16(24)15(18(19)26)21(36)28-6-4-23(39,40)8-12(33)10-31/h2,11-12,30-33,37-40H,1,3-10H2,(H,27,35)(H,28,36)(H,29,34). The molecule has 226 valence electrons. The first-order valence-corrected chi connectivity index (χ1v) is 14.9. The van der Waals surface area contributed by atoms with Gasteiger partial charge in [0.05, 0.1) is 49.4 Å². The molecule has 0 spiro atoms. The zero-order chi connectivity index (χ0) is 30.8. The highest BCUT2D eigenvalue weighted by Crippen LogP contribution is 2.36. The Kier molecular flexibility index (Phi) is 15.6. The first kappa shape index (κ1) is 37.3. The molecular weight excluding hydrogens is 875 g/mol. The van der Waals surface area contributed by atoms with Crippen molar-refractivity contribution in [2.75, 3.05) is 31.6 Å². The highest BCUT2D eigenvalue weighted by atomic mass is 127. The van der Waals surface area contributed by atoms with Crippen molar-refractivity contribution in [2.45, 2.75) is 49.5 Å². The summed E-state index contributed by atoms with van der Waals surface area (Å²) < 4.78 is 0.726. The number of rotatable bonds is 16. The quantitative estimate of drug-likeness (QED) is 0.0530. The van der Waals surface area contributed by atoms with Gasteiger partial charge < -0.3 is 56.8 Å². The van der Waals surface area contributed by atoms with Gasteiger partial charge in [-0.2, -0.15) is 0 Å². The fourth-order valence-corrected chi connectivity index (χ4v) is 7.78. The zero-order valence-electron chi connectivity index (χ0n) is 21.0. The minimum Gasteiger partial charge on any atom is -0.394 e. The summed E-state index contributed by atoms with van der Waals surface area (Å²) in [5, 5.41) is 84.3. The summed E-state index contributed by atoms with van der Waals surface area (Å²) in [4.78, 5) is 38.4. The number of hydrogen-bond acceptors (Lipinski definition) is 11. The summed E-state index contributed by atoms with van der Waals surface area (Å²) in [6, 6.07) is 0. The lowest BCUT2D eigenvalue weighted by atomic mass is 10.0. The Morgan fingerprint density at radius 1 is 0.775 bits per heavy atom. The van der Waals surface area contributed by atoms with Crippen LogP contribution < -0.4 is 16.0 Å². The van der Waals surface area contributed by atoms with Gasteiger partial charge in [0, 0.05) is 42.3 Å². The molecule has 0 aromatic heterocycles. The van der Waals surface area contributed by atoms with Gasteiger partial charge in [0.15, 0.2) is 11.6 Å². The summed E-state index contributed by atoms with van der Waals surface area (Å²) in [5.41, 5.74) is 0.122. The van der Waals surface area contributed by atoms with Crippen LogP contribution in [0, 0.1) is 10.7 Å². The summed E-state index contributed by atoms with van der Waals surface area (Å²) in [6.07, 6.45) is -3.64. The van der Waals surface area contributed by atoms with Crippen molar-refractivity contribution in [3.63, 3.8) is 0 Å². The fraction of sp³-hybridized carbons (Fsp3) is 0.522. The Bertz CT molecular complexity index is 1020.